The Labute approximate surface area is 121 Å². The molecule has 0 fully saturated rings. The maximum absolute atomic E-state index is 13.6. The third kappa shape index (κ3) is 2.49. The van der Waals surface area contributed by atoms with Crippen LogP contribution in [0.4, 0.5) is 14.5 Å². The lowest BCUT2D eigenvalue weighted by atomic mass is 10.1. The zero-order chi connectivity index (χ0) is 14.8. The van der Waals surface area contributed by atoms with Gasteiger partial charge in [0.05, 0.1) is 0 Å². The van der Waals surface area contributed by atoms with E-state index in [0.717, 1.165) is 28.7 Å². The van der Waals surface area contributed by atoms with Crippen LogP contribution in [0.2, 0.25) is 0 Å². The highest BCUT2D eigenvalue weighted by Crippen LogP contribution is 2.28. The Hall–Kier alpha value is -2.36. The van der Waals surface area contributed by atoms with Gasteiger partial charge in [0.1, 0.15) is 28.7 Å². The Kier molecular flexibility index (Phi) is 3.60. The van der Waals surface area contributed by atoms with Crippen molar-refractivity contribution in [3.8, 4) is 0 Å². The van der Waals surface area contributed by atoms with Crippen molar-refractivity contribution in [2.24, 2.45) is 0 Å². The summed E-state index contributed by atoms with van der Waals surface area (Å²) >= 11 is 0. The van der Waals surface area contributed by atoms with E-state index in [2.05, 4.69) is 5.32 Å². The summed E-state index contributed by atoms with van der Waals surface area (Å²) in [7, 11) is 0. The summed E-state index contributed by atoms with van der Waals surface area (Å²) in [6, 6.07) is 11.5. The van der Waals surface area contributed by atoms with Crippen molar-refractivity contribution >= 4 is 16.7 Å². The number of furan rings is 1. The second-order valence-corrected chi connectivity index (χ2v) is 4.80. The van der Waals surface area contributed by atoms with Gasteiger partial charge in [-0.05, 0) is 18.2 Å². The van der Waals surface area contributed by atoms with Gasteiger partial charge in [0.2, 0.25) is 0 Å². The molecule has 4 heteroatoms. The van der Waals surface area contributed by atoms with Crippen LogP contribution in [-0.4, -0.2) is 0 Å². The van der Waals surface area contributed by atoms with Crippen molar-refractivity contribution in [3.63, 3.8) is 0 Å². The number of aryl methyl sites for hydroxylation is 1. The molecule has 0 atom stereocenters. The second kappa shape index (κ2) is 5.56. The van der Waals surface area contributed by atoms with Crippen molar-refractivity contribution in [3.05, 3.63) is 65.4 Å². The molecule has 0 bridgehead atoms. The van der Waals surface area contributed by atoms with Gasteiger partial charge in [-0.3, -0.25) is 0 Å². The van der Waals surface area contributed by atoms with E-state index >= 15 is 0 Å². The fourth-order valence-electron chi connectivity index (χ4n) is 2.47. The maximum atomic E-state index is 13.6. The summed E-state index contributed by atoms with van der Waals surface area (Å²) < 4.78 is 33.1. The summed E-state index contributed by atoms with van der Waals surface area (Å²) in [5.41, 5.74) is 1.63. The molecule has 2 aromatic carbocycles. The van der Waals surface area contributed by atoms with Gasteiger partial charge < -0.3 is 9.73 Å². The van der Waals surface area contributed by atoms with Gasteiger partial charge in [-0.15, -0.1) is 0 Å². The molecule has 0 spiro atoms. The number of halogens is 2. The van der Waals surface area contributed by atoms with Crippen LogP contribution in [-0.2, 0) is 13.0 Å². The molecule has 0 aliphatic rings. The Morgan fingerprint density at radius 3 is 2.43 bits per heavy atom. The number of benzene rings is 2. The highest BCUT2D eigenvalue weighted by molar-refractivity contribution is 5.82. The third-order valence-corrected chi connectivity index (χ3v) is 3.51. The largest absolute Gasteiger partial charge is 0.461 e. The minimum absolute atomic E-state index is 0.107. The number of para-hydroxylation sites is 2. The average molecular weight is 287 g/mol. The number of fused-ring (bicyclic) bond motifs is 1. The van der Waals surface area contributed by atoms with Crippen molar-refractivity contribution in [1.82, 2.24) is 0 Å². The quantitative estimate of drug-likeness (QED) is 0.739. The molecule has 3 rings (SSSR count). The van der Waals surface area contributed by atoms with Crippen molar-refractivity contribution in [2.45, 2.75) is 19.9 Å². The Morgan fingerprint density at radius 2 is 1.71 bits per heavy atom. The van der Waals surface area contributed by atoms with E-state index in [1.54, 1.807) is 0 Å². The lowest BCUT2D eigenvalue weighted by molar-refractivity contribution is 0.550. The molecule has 0 aliphatic carbocycles. The molecule has 0 amide bonds. The predicted molar refractivity (Wildman–Crippen MR) is 79.3 cm³/mol. The molecule has 0 aliphatic heterocycles. The SMILES string of the molecule is CCc1oc2ccccc2c1CNc1c(F)cccc1F. The van der Waals surface area contributed by atoms with Crippen LogP contribution in [0.15, 0.2) is 46.9 Å². The van der Waals surface area contributed by atoms with E-state index in [-0.39, 0.29) is 5.69 Å². The first-order valence-corrected chi connectivity index (χ1v) is 6.88. The van der Waals surface area contributed by atoms with Crippen LogP contribution in [0.1, 0.15) is 18.2 Å². The molecule has 2 nitrogen and oxygen atoms in total. The van der Waals surface area contributed by atoms with E-state index < -0.39 is 11.6 Å². The molecular formula is C17H15F2NO. The minimum Gasteiger partial charge on any atom is -0.461 e. The molecule has 108 valence electrons. The number of anilines is 1. The molecule has 0 saturated heterocycles. The number of hydrogen-bond donors (Lipinski definition) is 1. The Balaban J connectivity index is 1.95. The van der Waals surface area contributed by atoms with Crippen LogP contribution < -0.4 is 5.32 Å². The predicted octanol–water partition coefficient (Wildman–Crippen LogP) is 4.89. The van der Waals surface area contributed by atoms with E-state index in [4.69, 9.17) is 4.42 Å². The third-order valence-electron chi connectivity index (χ3n) is 3.51. The summed E-state index contributed by atoms with van der Waals surface area (Å²) in [4.78, 5) is 0. The summed E-state index contributed by atoms with van der Waals surface area (Å²) in [5.74, 6) is -0.359. The first-order valence-electron chi connectivity index (χ1n) is 6.88. The highest BCUT2D eigenvalue weighted by Gasteiger charge is 2.14. The lowest BCUT2D eigenvalue weighted by Gasteiger charge is -2.08. The van der Waals surface area contributed by atoms with Crippen LogP contribution in [0, 0.1) is 11.6 Å². The van der Waals surface area contributed by atoms with Gasteiger partial charge in [-0.2, -0.15) is 0 Å². The lowest BCUT2D eigenvalue weighted by Crippen LogP contribution is -2.04. The van der Waals surface area contributed by atoms with Gasteiger partial charge >= 0.3 is 0 Å². The molecule has 3 aromatic rings. The van der Waals surface area contributed by atoms with E-state index in [9.17, 15) is 8.78 Å². The fraction of sp³-hybridized carbons (Fsp3) is 0.176. The molecule has 1 heterocycles. The van der Waals surface area contributed by atoms with Gasteiger partial charge in [-0.1, -0.05) is 31.2 Å². The molecular weight excluding hydrogens is 272 g/mol. The monoisotopic (exact) mass is 287 g/mol. The normalized spacial score (nSPS) is 11.0. The van der Waals surface area contributed by atoms with Gasteiger partial charge in [0, 0.05) is 23.9 Å². The topological polar surface area (TPSA) is 25.2 Å². The van der Waals surface area contributed by atoms with Gasteiger partial charge in [0.15, 0.2) is 0 Å². The van der Waals surface area contributed by atoms with Crippen LogP contribution >= 0.6 is 0 Å². The van der Waals surface area contributed by atoms with Crippen LogP contribution in [0.5, 0.6) is 0 Å². The van der Waals surface area contributed by atoms with Crippen LogP contribution in [0.25, 0.3) is 11.0 Å². The molecule has 1 aromatic heterocycles. The van der Waals surface area contributed by atoms with Crippen molar-refractivity contribution in [2.75, 3.05) is 5.32 Å². The minimum atomic E-state index is -0.596. The zero-order valence-electron chi connectivity index (χ0n) is 11.6. The Morgan fingerprint density at radius 1 is 1.00 bits per heavy atom. The summed E-state index contributed by atoms with van der Waals surface area (Å²) in [6.45, 7) is 2.31. The molecule has 0 radical (unpaired) electrons. The first-order chi connectivity index (χ1) is 10.2. The van der Waals surface area contributed by atoms with E-state index in [0.29, 0.717) is 6.54 Å². The summed E-state index contributed by atoms with van der Waals surface area (Å²) in [6.07, 6.45) is 0.728. The first kappa shape index (κ1) is 13.6. The molecule has 0 saturated carbocycles. The maximum Gasteiger partial charge on any atom is 0.149 e. The van der Waals surface area contributed by atoms with Crippen molar-refractivity contribution in [1.29, 1.82) is 0 Å². The number of rotatable bonds is 4. The van der Waals surface area contributed by atoms with E-state index in [1.807, 2.05) is 31.2 Å². The second-order valence-electron chi connectivity index (χ2n) is 4.80. The number of hydrogen-bond acceptors (Lipinski definition) is 2. The smallest absolute Gasteiger partial charge is 0.149 e. The highest BCUT2D eigenvalue weighted by atomic mass is 19.1. The Bertz CT molecular complexity index is 759. The molecule has 1 N–H and O–H groups in total. The summed E-state index contributed by atoms with van der Waals surface area (Å²) in [5, 5.41) is 3.81. The molecule has 21 heavy (non-hydrogen) atoms. The zero-order valence-corrected chi connectivity index (χ0v) is 11.6. The van der Waals surface area contributed by atoms with Crippen LogP contribution in [0.3, 0.4) is 0 Å². The van der Waals surface area contributed by atoms with Gasteiger partial charge in [-0.25, -0.2) is 8.78 Å². The molecule has 0 unspecified atom stereocenters. The van der Waals surface area contributed by atoms with Gasteiger partial charge in [0.25, 0.3) is 0 Å². The van der Waals surface area contributed by atoms with Crippen molar-refractivity contribution < 1.29 is 13.2 Å². The standard InChI is InChI=1S/C17H15F2NO/c1-2-15-12(11-6-3-4-9-16(11)21-15)10-20-17-13(18)7-5-8-14(17)19/h3-9,20H,2,10H2,1H3. The van der Waals surface area contributed by atoms with E-state index in [1.165, 1.54) is 18.2 Å². The number of nitrogens with one attached hydrogen (secondary N) is 1. The fourth-order valence-corrected chi connectivity index (χ4v) is 2.47. The average Bonchev–Trinajstić information content (AvgIpc) is 2.85.